The number of nitrogens with one attached hydrogen (secondary N) is 1. The molecule has 2 rings (SSSR count). The maximum absolute atomic E-state index is 12.3. The van der Waals surface area contributed by atoms with E-state index in [1.165, 1.54) is 18.6 Å². The number of aryl methyl sites for hydroxylation is 1. The molecule has 6 nitrogen and oxygen atoms in total. The summed E-state index contributed by atoms with van der Waals surface area (Å²) in [5.74, 6) is -0.111. The number of nitrogens with zero attached hydrogens (tertiary/aromatic N) is 2. The van der Waals surface area contributed by atoms with Gasteiger partial charge in [0, 0.05) is 12.1 Å². The Kier molecular flexibility index (Phi) is 4.90. The highest BCUT2D eigenvalue weighted by molar-refractivity contribution is 5.95. The maximum atomic E-state index is 12.3. The Morgan fingerprint density at radius 2 is 2.00 bits per heavy atom. The Labute approximate surface area is 124 Å². The van der Waals surface area contributed by atoms with E-state index in [0.29, 0.717) is 5.69 Å². The number of piperidine rings is 1. The van der Waals surface area contributed by atoms with Crippen molar-refractivity contribution in [3.05, 3.63) is 33.9 Å². The van der Waals surface area contributed by atoms with Crippen molar-refractivity contribution in [1.29, 1.82) is 0 Å². The van der Waals surface area contributed by atoms with Gasteiger partial charge in [0.05, 0.1) is 16.7 Å². The Morgan fingerprint density at radius 3 is 2.62 bits per heavy atom. The second kappa shape index (κ2) is 6.67. The van der Waals surface area contributed by atoms with Gasteiger partial charge >= 0.3 is 0 Å². The molecule has 1 aliphatic rings. The quantitative estimate of drug-likeness (QED) is 0.683. The van der Waals surface area contributed by atoms with Crippen LogP contribution in [-0.2, 0) is 4.79 Å². The van der Waals surface area contributed by atoms with Gasteiger partial charge in [0.1, 0.15) is 0 Å². The van der Waals surface area contributed by atoms with Gasteiger partial charge < -0.3 is 5.32 Å². The number of hydrogen-bond acceptors (Lipinski definition) is 4. The third kappa shape index (κ3) is 3.78. The van der Waals surface area contributed by atoms with Gasteiger partial charge in [0.25, 0.3) is 5.69 Å². The summed E-state index contributed by atoms with van der Waals surface area (Å²) < 4.78 is 0. The molecule has 1 fully saturated rings. The van der Waals surface area contributed by atoms with Crippen molar-refractivity contribution in [2.45, 2.75) is 39.2 Å². The van der Waals surface area contributed by atoms with E-state index in [2.05, 4.69) is 10.2 Å². The molecule has 1 aliphatic heterocycles. The zero-order valence-electron chi connectivity index (χ0n) is 12.5. The van der Waals surface area contributed by atoms with Crippen LogP contribution in [0.15, 0.2) is 18.2 Å². The average Bonchev–Trinajstić information content (AvgIpc) is 2.49. The van der Waals surface area contributed by atoms with E-state index >= 15 is 0 Å². The number of nitro groups is 1. The van der Waals surface area contributed by atoms with Gasteiger partial charge in [-0.1, -0.05) is 12.5 Å². The summed E-state index contributed by atoms with van der Waals surface area (Å²) in [4.78, 5) is 24.8. The third-order valence-corrected chi connectivity index (χ3v) is 4.01. The molecule has 1 aromatic carbocycles. The molecule has 0 spiro atoms. The molecule has 0 bridgehead atoms. The summed E-state index contributed by atoms with van der Waals surface area (Å²) in [6.07, 6.45) is 3.45. The Balaban J connectivity index is 2.07. The second-order valence-corrected chi connectivity index (χ2v) is 5.52. The van der Waals surface area contributed by atoms with Gasteiger partial charge in [0.2, 0.25) is 5.91 Å². The fourth-order valence-corrected chi connectivity index (χ4v) is 2.57. The van der Waals surface area contributed by atoms with Gasteiger partial charge in [0.15, 0.2) is 0 Å². The van der Waals surface area contributed by atoms with Crippen LogP contribution < -0.4 is 5.32 Å². The Morgan fingerprint density at radius 1 is 1.33 bits per heavy atom. The molecule has 1 atom stereocenters. The van der Waals surface area contributed by atoms with E-state index in [1.807, 2.05) is 13.8 Å². The summed E-state index contributed by atoms with van der Waals surface area (Å²) in [5, 5.41) is 13.6. The third-order valence-electron chi connectivity index (χ3n) is 4.01. The lowest BCUT2D eigenvalue weighted by Crippen LogP contribution is -2.44. The lowest BCUT2D eigenvalue weighted by atomic mass is 10.1. The molecule has 1 amide bonds. The molecule has 6 heteroatoms. The number of benzene rings is 1. The van der Waals surface area contributed by atoms with Crippen LogP contribution in [0.2, 0.25) is 0 Å². The smallest absolute Gasteiger partial charge is 0.271 e. The molecule has 0 aliphatic carbocycles. The van der Waals surface area contributed by atoms with Crippen molar-refractivity contribution in [2.75, 3.05) is 18.4 Å². The van der Waals surface area contributed by atoms with Crippen molar-refractivity contribution < 1.29 is 9.72 Å². The molecule has 1 N–H and O–H groups in total. The number of hydrogen-bond donors (Lipinski definition) is 1. The summed E-state index contributed by atoms with van der Waals surface area (Å²) >= 11 is 0. The van der Waals surface area contributed by atoms with Crippen LogP contribution >= 0.6 is 0 Å². The molecule has 1 aromatic rings. The molecule has 1 heterocycles. The summed E-state index contributed by atoms with van der Waals surface area (Å²) in [7, 11) is 0. The van der Waals surface area contributed by atoms with E-state index in [-0.39, 0.29) is 17.6 Å². The molecule has 1 saturated heterocycles. The first kappa shape index (κ1) is 15.4. The number of amides is 1. The fraction of sp³-hybridized carbons (Fsp3) is 0.533. The van der Waals surface area contributed by atoms with Crippen LogP contribution in [0, 0.1) is 17.0 Å². The monoisotopic (exact) mass is 291 g/mol. The number of nitro benzene ring substituents is 1. The fourth-order valence-electron chi connectivity index (χ4n) is 2.57. The van der Waals surface area contributed by atoms with Crippen molar-refractivity contribution >= 4 is 17.3 Å². The number of carbonyl (C=O) groups excluding carboxylic acids is 1. The SMILES string of the molecule is Cc1ccc([N+](=O)[O-])cc1NC(=O)[C@@H](C)N1CCCCC1. The number of rotatable bonds is 4. The molecule has 0 saturated carbocycles. The van der Waals surface area contributed by atoms with E-state index in [1.54, 1.807) is 6.07 Å². The number of non-ortho nitro benzene ring substituents is 1. The first-order valence-electron chi connectivity index (χ1n) is 7.29. The van der Waals surface area contributed by atoms with Gasteiger partial charge in [-0.25, -0.2) is 0 Å². The molecule has 0 unspecified atom stereocenters. The minimum Gasteiger partial charge on any atom is -0.324 e. The van der Waals surface area contributed by atoms with Gasteiger partial charge in [-0.15, -0.1) is 0 Å². The topological polar surface area (TPSA) is 75.5 Å². The minimum absolute atomic E-state index is 0.0125. The molecular formula is C15H21N3O3. The summed E-state index contributed by atoms with van der Waals surface area (Å²) in [5.41, 5.74) is 1.32. The summed E-state index contributed by atoms with van der Waals surface area (Å²) in [6, 6.07) is 4.29. The van der Waals surface area contributed by atoms with Gasteiger partial charge in [-0.05, 0) is 45.3 Å². The Bertz CT molecular complexity index is 539. The predicted octanol–water partition coefficient (Wildman–Crippen LogP) is 2.72. The first-order chi connectivity index (χ1) is 9.99. The lowest BCUT2D eigenvalue weighted by molar-refractivity contribution is -0.384. The van der Waals surface area contributed by atoms with Crippen LogP contribution in [0.1, 0.15) is 31.7 Å². The number of carbonyl (C=O) groups is 1. The maximum Gasteiger partial charge on any atom is 0.271 e. The Hall–Kier alpha value is -1.95. The van der Waals surface area contributed by atoms with Crippen molar-refractivity contribution in [2.24, 2.45) is 0 Å². The standard InChI is InChI=1S/C15H21N3O3/c1-11-6-7-13(18(20)21)10-14(11)16-15(19)12(2)17-8-4-3-5-9-17/h6-7,10,12H,3-5,8-9H2,1-2H3,(H,16,19)/t12-/m1/s1. The van der Waals surface area contributed by atoms with E-state index in [9.17, 15) is 14.9 Å². The molecular weight excluding hydrogens is 270 g/mol. The first-order valence-corrected chi connectivity index (χ1v) is 7.29. The highest BCUT2D eigenvalue weighted by atomic mass is 16.6. The largest absolute Gasteiger partial charge is 0.324 e. The minimum atomic E-state index is -0.455. The van der Waals surface area contributed by atoms with Crippen LogP contribution in [0.4, 0.5) is 11.4 Å². The van der Waals surface area contributed by atoms with Gasteiger partial charge in [-0.2, -0.15) is 0 Å². The molecule has 0 aromatic heterocycles. The van der Waals surface area contributed by atoms with E-state index in [0.717, 1.165) is 31.5 Å². The van der Waals surface area contributed by atoms with Crippen LogP contribution in [0.3, 0.4) is 0 Å². The van der Waals surface area contributed by atoms with Crippen LogP contribution in [0.5, 0.6) is 0 Å². The van der Waals surface area contributed by atoms with Gasteiger partial charge in [-0.3, -0.25) is 19.8 Å². The van der Waals surface area contributed by atoms with Crippen molar-refractivity contribution in [1.82, 2.24) is 4.90 Å². The molecule has 114 valence electrons. The molecule has 21 heavy (non-hydrogen) atoms. The zero-order chi connectivity index (χ0) is 15.4. The molecule has 0 radical (unpaired) electrons. The average molecular weight is 291 g/mol. The van der Waals surface area contributed by atoms with Crippen molar-refractivity contribution in [3.8, 4) is 0 Å². The number of likely N-dealkylation sites (tertiary alicyclic amines) is 1. The van der Waals surface area contributed by atoms with E-state index in [4.69, 9.17) is 0 Å². The highest BCUT2D eigenvalue weighted by Gasteiger charge is 2.23. The lowest BCUT2D eigenvalue weighted by Gasteiger charge is -2.31. The van der Waals surface area contributed by atoms with Crippen LogP contribution in [0.25, 0.3) is 0 Å². The zero-order valence-corrected chi connectivity index (χ0v) is 12.5. The van der Waals surface area contributed by atoms with Crippen LogP contribution in [-0.4, -0.2) is 34.9 Å². The second-order valence-electron chi connectivity index (χ2n) is 5.52. The van der Waals surface area contributed by atoms with E-state index < -0.39 is 4.92 Å². The van der Waals surface area contributed by atoms with Crippen molar-refractivity contribution in [3.63, 3.8) is 0 Å². The number of anilines is 1. The summed E-state index contributed by atoms with van der Waals surface area (Å²) in [6.45, 7) is 5.57. The highest BCUT2D eigenvalue weighted by Crippen LogP contribution is 2.22. The normalized spacial score (nSPS) is 17.2. The predicted molar refractivity (Wildman–Crippen MR) is 81.3 cm³/mol.